The molecule has 7 nitrogen and oxygen atoms in total. The van der Waals surface area contributed by atoms with Gasteiger partial charge in [-0.25, -0.2) is 0 Å². The molecule has 4 rings (SSSR count). The van der Waals surface area contributed by atoms with E-state index in [0.717, 1.165) is 51.9 Å². The highest BCUT2D eigenvalue weighted by Crippen LogP contribution is 2.46. The molecule has 1 aromatic heterocycles. The number of nitrogens with zero attached hydrogens (tertiary/aromatic N) is 3. The number of allylic oxidation sites excluding steroid dienone is 1. The minimum atomic E-state index is -0.0782. The van der Waals surface area contributed by atoms with Crippen molar-refractivity contribution in [1.29, 1.82) is 0 Å². The van der Waals surface area contributed by atoms with Gasteiger partial charge in [-0.1, -0.05) is 6.92 Å². The average molecular weight is 431 g/mol. The molecule has 0 aliphatic carbocycles. The van der Waals surface area contributed by atoms with E-state index in [2.05, 4.69) is 47.0 Å². The summed E-state index contributed by atoms with van der Waals surface area (Å²) in [4.78, 5) is 9.91. The van der Waals surface area contributed by atoms with Gasteiger partial charge in [-0.2, -0.15) is 0 Å². The average Bonchev–Trinajstić information content (AvgIpc) is 3.38. The lowest BCUT2D eigenvalue weighted by atomic mass is 9.79. The largest absolute Gasteiger partial charge is 0.405 e. The molecule has 3 aliphatic heterocycles. The lowest BCUT2D eigenvalue weighted by Gasteiger charge is -2.47. The number of likely N-dealkylation sites (tertiary alicyclic amines) is 1. The first-order valence-corrected chi connectivity index (χ1v) is 11.8. The molecular formula is C22H34N6OS. The molecule has 0 amide bonds. The van der Waals surface area contributed by atoms with Crippen molar-refractivity contribution in [1.82, 2.24) is 20.9 Å². The number of piperidine rings is 1. The second kappa shape index (κ2) is 9.51. The van der Waals surface area contributed by atoms with Gasteiger partial charge in [0.25, 0.3) is 0 Å². The molecule has 2 atom stereocenters. The van der Waals surface area contributed by atoms with Crippen LogP contribution in [0.5, 0.6) is 0 Å². The number of aryl methyl sites for hydroxylation is 1. The fourth-order valence-corrected chi connectivity index (χ4v) is 5.85. The van der Waals surface area contributed by atoms with Gasteiger partial charge in [0, 0.05) is 47.7 Å². The highest BCUT2D eigenvalue weighted by Gasteiger charge is 2.44. The van der Waals surface area contributed by atoms with Crippen LogP contribution < -0.4 is 16.7 Å². The Labute approximate surface area is 183 Å². The number of nitrogens with two attached hydrogens (primary N) is 1. The maximum absolute atomic E-state index is 6.47. The van der Waals surface area contributed by atoms with Crippen LogP contribution in [0, 0.1) is 0 Å². The molecule has 1 fully saturated rings. The minimum absolute atomic E-state index is 0.0782. The number of fused-ring (bicyclic) bond motifs is 2. The Morgan fingerprint density at radius 3 is 3.17 bits per heavy atom. The SMILES string of the molecule is CCc1cc2c(s1)CCO[C@@]21CCN(CC2=CN(CCN=C/C=C\N)NN2)[C@@H](C)C1. The summed E-state index contributed by atoms with van der Waals surface area (Å²) in [5.74, 6) is 0. The van der Waals surface area contributed by atoms with E-state index in [4.69, 9.17) is 10.5 Å². The molecule has 8 heteroatoms. The second-order valence-electron chi connectivity index (χ2n) is 8.29. The Morgan fingerprint density at radius 1 is 1.47 bits per heavy atom. The summed E-state index contributed by atoms with van der Waals surface area (Å²) in [7, 11) is 0. The van der Waals surface area contributed by atoms with Gasteiger partial charge in [0.05, 0.1) is 31.0 Å². The van der Waals surface area contributed by atoms with E-state index in [0.29, 0.717) is 12.6 Å². The van der Waals surface area contributed by atoms with Crippen molar-refractivity contribution in [3.05, 3.63) is 45.6 Å². The molecular weight excluding hydrogens is 396 g/mol. The third-order valence-corrected chi connectivity index (χ3v) is 7.62. The van der Waals surface area contributed by atoms with E-state index in [-0.39, 0.29) is 5.60 Å². The Kier molecular flexibility index (Phi) is 6.77. The van der Waals surface area contributed by atoms with E-state index in [1.54, 1.807) is 17.2 Å². The summed E-state index contributed by atoms with van der Waals surface area (Å²) in [6.45, 7) is 8.93. The van der Waals surface area contributed by atoms with Crippen LogP contribution in [0.25, 0.3) is 0 Å². The van der Waals surface area contributed by atoms with Crippen LogP contribution in [0.15, 0.2) is 35.2 Å². The highest BCUT2D eigenvalue weighted by molar-refractivity contribution is 7.12. The van der Waals surface area contributed by atoms with Gasteiger partial charge >= 0.3 is 0 Å². The third-order valence-electron chi connectivity index (χ3n) is 6.28. The van der Waals surface area contributed by atoms with Crippen LogP contribution in [0.4, 0.5) is 0 Å². The maximum atomic E-state index is 6.47. The van der Waals surface area contributed by atoms with E-state index in [1.165, 1.54) is 22.3 Å². The Balaban J connectivity index is 1.34. The van der Waals surface area contributed by atoms with Crippen LogP contribution in [0.3, 0.4) is 0 Å². The normalized spacial score (nSPS) is 27.2. The van der Waals surface area contributed by atoms with Crippen LogP contribution in [0.2, 0.25) is 0 Å². The molecule has 0 unspecified atom stereocenters. The summed E-state index contributed by atoms with van der Waals surface area (Å²) in [6, 6.07) is 2.90. The molecule has 1 saturated heterocycles. The van der Waals surface area contributed by atoms with Gasteiger partial charge in [0.1, 0.15) is 0 Å². The Hall–Kier alpha value is -1.87. The molecule has 4 N–H and O–H groups in total. The van der Waals surface area contributed by atoms with Crippen LogP contribution in [-0.2, 0) is 23.2 Å². The standard InChI is InChI=1S/C22H34N6OS/c1-3-19-13-20-21(30-19)5-12-29-22(20)6-10-27(17(2)14-22)15-18-16-28(26-25-18)11-9-24-8-4-7-23/h4,7-8,13,16-17,25-26H,3,5-6,9-12,14-15,23H2,1-2H3/b7-4-,24-8?/t17-,22+/m0/s1. The first-order valence-electron chi connectivity index (χ1n) is 11.0. The monoisotopic (exact) mass is 430 g/mol. The number of hydrogen-bond donors (Lipinski definition) is 3. The second-order valence-corrected chi connectivity index (χ2v) is 9.52. The van der Waals surface area contributed by atoms with Gasteiger partial charge in [-0.15, -0.1) is 16.9 Å². The van der Waals surface area contributed by atoms with Crippen molar-refractivity contribution in [3.63, 3.8) is 0 Å². The van der Waals surface area contributed by atoms with Crippen molar-refractivity contribution in [2.24, 2.45) is 10.7 Å². The van der Waals surface area contributed by atoms with Crippen molar-refractivity contribution < 1.29 is 4.74 Å². The molecule has 0 saturated carbocycles. The molecule has 4 heterocycles. The van der Waals surface area contributed by atoms with E-state index in [9.17, 15) is 0 Å². The van der Waals surface area contributed by atoms with Crippen molar-refractivity contribution in [2.75, 3.05) is 32.8 Å². The zero-order valence-corrected chi connectivity index (χ0v) is 18.9. The quantitative estimate of drug-likeness (QED) is 0.576. The van der Waals surface area contributed by atoms with E-state index < -0.39 is 0 Å². The zero-order chi connectivity index (χ0) is 21.0. The van der Waals surface area contributed by atoms with Crippen LogP contribution in [-0.4, -0.2) is 55.0 Å². The molecule has 1 aromatic rings. The first-order chi connectivity index (χ1) is 14.6. The molecule has 164 valence electrons. The number of hydrogen-bond acceptors (Lipinski definition) is 8. The Bertz CT molecular complexity index is 819. The number of ether oxygens (including phenoxy) is 1. The molecule has 0 bridgehead atoms. The topological polar surface area (TPSA) is 78.2 Å². The first kappa shape index (κ1) is 21.4. The number of rotatable bonds is 7. The summed E-state index contributed by atoms with van der Waals surface area (Å²) >= 11 is 2.00. The van der Waals surface area contributed by atoms with Crippen LogP contribution in [0.1, 0.15) is 42.0 Å². The number of thiophene rings is 1. The predicted molar refractivity (Wildman–Crippen MR) is 123 cm³/mol. The Morgan fingerprint density at radius 2 is 2.37 bits per heavy atom. The van der Waals surface area contributed by atoms with E-state index >= 15 is 0 Å². The molecule has 3 aliphatic rings. The fourth-order valence-electron chi connectivity index (χ4n) is 4.68. The van der Waals surface area contributed by atoms with Gasteiger partial charge in [0.15, 0.2) is 0 Å². The van der Waals surface area contributed by atoms with Gasteiger partial charge in [-0.3, -0.25) is 14.9 Å². The van der Waals surface area contributed by atoms with Crippen molar-refractivity contribution in [3.8, 4) is 0 Å². The number of hydrazine groups is 2. The number of aliphatic imine (C=N–C) groups is 1. The molecule has 30 heavy (non-hydrogen) atoms. The number of nitrogens with one attached hydrogen (secondary N) is 2. The summed E-state index contributed by atoms with van der Waals surface area (Å²) in [5, 5.41) is 2.04. The lowest BCUT2D eigenvalue weighted by Crippen LogP contribution is -2.51. The smallest absolute Gasteiger partial charge is 0.0969 e. The van der Waals surface area contributed by atoms with E-state index in [1.807, 2.05) is 16.3 Å². The maximum Gasteiger partial charge on any atom is 0.0969 e. The minimum Gasteiger partial charge on any atom is -0.405 e. The summed E-state index contributed by atoms with van der Waals surface area (Å²) in [6.07, 6.45) is 11.4. The lowest BCUT2D eigenvalue weighted by molar-refractivity contribution is -0.109. The van der Waals surface area contributed by atoms with Crippen molar-refractivity contribution >= 4 is 17.6 Å². The van der Waals surface area contributed by atoms with Gasteiger partial charge in [-0.05, 0) is 50.1 Å². The van der Waals surface area contributed by atoms with Gasteiger partial charge in [0.2, 0.25) is 0 Å². The molecule has 1 spiro atoms. The zero-order valence-electron chi connectivity index (χ0n) is 18.1. The predicted octanol–water partition coefficient (Wildman–Crippen LogP) is 2.27. The third kappa shape index (κ3) is 4.56. The highest BCUT2D eigenvalue weighted by atomic mass is 32.1. The van der Waals surface area contributed by atoms with Crippen LogP contribution >= 0.6 is 11.3 Å². The molecule has 0 aromatic carbocycles. The summed E-state index contributed by atoms with van der Waals surface area (Å²) < 4.78 is 6.47. The van der Waals surface area contributed by atoms with Crippen molar-refractivity contribution in [2.45, 2.75) is 51.2 Å². The summed E-state index contributed by atoms with van der Waals surface area (Å²) in [5.41, 5.74) is 14.4. The van der Waals surface area contributed by atoms with Gasteiger partial charge < -0.3 is 15.9 Å². The fraction of sp³-hybridized carbons (Fsp3) is 0.591. The molecule has 0 radical (unpaired) electrons.